The predicted octanol–water partition coefficient (Wildman–Crippen LogP) is 11.3. The Morgan fingerprint density at radius 1 is 0.700 bits per heavy atom. The highest BCUT2D eigenvalue weighted by Crippen LogP contribution is 2.43. The molecule has 0 aliphatic rings. The van der Waals surface area contributed by atoms with E-state index in [2.05, 4.69) is 63.3 Å². The van der Waals surface area contributed by atoms with Gasteiger partial charge in [0.15, 0.2) is 6.10 Å². The van der Waals surface area contributed by atoms with Crippen LogP contribution in [0.3, 0.4) is 0 Å². The number of unbranched alkanes of at least 4 members (excludes halogenated alkanes) is 8. The lowest BCUT2D eigenvalue weighted by Crippen LogP contribution is -2.37. The van der Waals surface area contributed by atoms with Gasteiger partial charge in [-0.2, -0.15) is 0 Å². The molecule has 0 spiro atoms. The third-order valence-electron chi connectivity index (χ3n) is 10.2. The van der Waals surface area contributed by atoms with Crippen molar-refractivity contribution in [2.75, 3.05) is 47.5 Å². The number of aliphatic hydroxyl groups excluding tert-OH is 1. The standard InChI is InChI=1S/C48H82NO10P/c1-8-10-27-33-45-41(3)42(4)46(59-45)34-29-24-21-22-26-31-36-48(52)58-44(40-57-60(53,54)56-38-37-49(5,6)7)39-55-47(51)35-30-25-20-18-16-14-12-11-13-15-17-19-23-28-32-43(50)9-2/h12-15,18-20,23,43-44,50H,8-11,16-17,21-22,24-40H2,1-7H3/p+1/b14-12-,15-13-,20-18-,23-19-/t43-,44+/m0/s1. The van der Waals surface area contributed by atoms with Crippen LogP contribution in [0, 0.1) is 13.8 Å². The zero-order valence-electron chi connectivity index (χ0n) is 38.5. The first-order valence-electron chi connectivity index (χ1n) is 22.8. The molecule has 0 saturated heterocycles. The lowest BCUT2D eigenvalue weighted by Gasteiger charge is -2.24. The first-order chi connectivity index (χ1) is 28.7. The minimum absolute atomic E-state index is 0.00635. The van der Waals surface area contributed by atoms with Gasteiger partial charge in [0.2, 0.25) is 0 Å². The molecule has 1 aromatic rings. The number of rotatable bonds is 37. The normalized spacial score (nSPS) is 14.5. The number of carbonyl (C=O) groups excluding carboxylic acids is 2. The Balaban J connectivity index is 2.42. The minimum Gasteiger partial charge on any atom is -0.466 e. The maximum absolute atomic E-state index is 12.8. The van der Waals surface area contributed by atoms with Crippen molar-refractivity contribution < 1.29 is 51.6 Å². The van der Waals surface area contributed by atoms with E-state index in [1.807, 2.05) is 34.1 Å². The van der Waals surface area contributed by atoms with E-state index < -0.39 is 32.5 Å². The van der Waals surface area contributed by atoms with Crippen LogP contribution in [-0.2, 0) is 45.5 Å². The largest absolute Gasteiger partial charge is 0.472 e. The summed E-state index contributed by atoms with van der Waals surface area (Å²) in [6.07, 6.45) is 33.7. The third kappa shape index (κ3) is 30.3. The zero-order chi connectivity index (χ0) is 44.5. The van der Waals surface area contributed by atoms with Gasteiger partial charge < -0.3 is 28.4 Å². The fraction of sp³-hybridized carbons (Fsp3) is 0.708. The number of esters is 2. The van der Waals surface area contributed by atoms with Crippen molar-refractivity contribution in [3.63, 3.8) is 0 Å². The summed E-state index contributed by atoms with van der Waals surface area (Å²) in [6.45, 7) is 8.30. The Bertz CT molecular complexity index is 1460. The lowest BCUT2D eigenvalue weighted by atomic mass is 10.0. The number of hydrogen-bond donors (Lipinski definition) is 2. The second-order valence-electron chi connectivity index (χ2n) is 16.8. The van der Waals surface area contributed by atoms with Crippen molar-refractivity contribution in [1.82, 2.24) is 0 Å². The lowest BCUT2D eigenvalue weighted by molar-refractivity contribution is -0.870. The van der Waals surface area contributed by atoms with Gasteiger partial charge in [-0.05, 0) is 95.6 Å². The summed E-state index contributed by atoms with van der Waals surface area (Å²) in [5.74, 6) is 1.34. The fourth-order valence-corrected chi connectivity index (χ4v) is 6.91. The number of aliphatic hydroxyl groups is 1. The Labute approximate surface area is 363 Å². The molecule has 0 aliphatic carbocycles. The van der Waals surface area contributed by atoms with Crippen LogP contribution in [-0.4, -0.2) is 86.1 Å². The summed E-state index contributed by atoms with van der Waals surface area (Å²) in [4.78, 5) is 35.5. The van der Waals surface area contributed by atoms with Gasteiger partial charge in [0.05, 0.1) is 33.9 Å². The number of aryl methyl sites for hydroxylation is 2. The van der Waals surface area contributed by atoms with Crippen LogP contribution >= 0.6 is 7.82 Å². The van der Waals surface area contributed by atoms with Crippen LogP contribution in [0.5, 0.6) is 0 Å². The van der Waals surface area contributed by atoms with E-state index in [1.165, 1.54) is 30.4 Å². The molecular weight excluding hydrogens is 781 g/mol. The summed E-state index contributed by atoms with van der Waals surface area (Å²) in [7, 11) is 1.39. The van der Waals surface area contributed by atoms with E-state index in [4.69, 9.17) is 22.9 Å². The third-order valence-corrected chi connectivity index (χ3v) is 11.2. The molecule has 60 heavy (non-hydrogen) atoms. The number of carbonyl (C=O) groups is 2. The second-order valence-corrected chi connectivity index (χ2v) is 18.3. The van der Waals surface area contributed by atoms with E-state index in [1.54, 1.807) is 0 Å². The van der Waals surface area contributed by atoms with Gasteiger partial charge in [-0.25, -0.2) is 4.57 Å². The van der Waals surface area contributed by atoms with Gasteiger partial charge in [-0.3, -0.25) is 18.6 Å². The van der Waals surface area contributed by atoms with Crippen LogP contribution in [0.1, 0.15) is 158 Å². The number of likely N-dealkylation sites (N-methyl/N-ethyl adjacent to an activating group) is 1. The Kier molecular flexibility index (Phi) is 31.1. The van der Waals surface area contributed by atoms with Crippen molar-refractivity contribution in [2.45, 2.75) is 175 Å². The van der Waals surface area contributed by atoms with Crippen LogP contribution in [0.2, 0.25) is 0 Å². The summed E-state index contributed by atoms with van der Waals surface area (Å²) in [5.41, 5.74) is 2.59. The highest BCUT2D eigenvalue weighted by molar-refractivity contribution is 7.47. The van der Waals surface area contributed by atoms with Gasteiger partial charge in [0, 0.05) is 25.7 Å². The molecule has 0 aliphatic heterocycles. The molecule has 0 bridgehead atoms. The molecule has 0 saturated carbocycles. The molecule has 1 unspecified atom stereocenters. The van der Waals surface area contributed by atoms with Gasteiger partial charge in [0.1, 0.15) is 31.3 Å². The number of nitrogens with zero attached hydrogens (tertiary/aromatic N) is 1. The minimum atomic E-state index is -4.42. The van der Waals surface area contributed by atoms with E-state index in [9.17, 15) is 24.2 Å². The van der Waals surface area contributed by atoms with Crippen LogP contribution < -0.4 is 0 Å². The molecule has 11 nitrogen and oxygen atoms in total. The van der Waals surface area contributed by atoms with Gasteiger partial charge in [0.25, 0.3) is 0 Å². The molecule has 1 aromatic heterocycles. The topological polar surface area (TPSA) is 142 Å². The van der Waals surface area contributed by atoms with Gasteiger partial charge in [-0.1, -0.05) is 101 Å². The zero-order valence-corrected chi connectivity index (χ0v) is 39.4. The second kappa shape index (κ2) is 33.8. The number of furan rings is 1. The number of allylic oxidation sites excluding steroid dienone is 8. The SMILES string of the molecule is CCCCCc1oc(CCCCCCCCC(=O)O[C@H](COC(=O)CCC/C=C\C/C=C\C/C=C\C/C=C\CC[C@@H](O)CC)COP(=O)(O)OCC[N+](C)(C)C)c(C)c1C. The molecule has 1 heterocycles. The van der Waals surface area contributed by atoms with Crippen molar-refractivity contribution >= 4 is 19.8 Å². The fourth-order valence-electron chi connectivity index (χ4n) is 6.16. The summed E-state index contributed by atoms with van der Waals surface area (Å²) >= 11 is 0. The maximum atomic E-state index is 12.8. The number of phosphoric acid groups is 1. The molecule has 0 amide bonds. The quantitative estimate of drug-likeness (QED) is 0.0218. The maximum Gasteiger partial charge on any atom is 0.472 e. The van der Waals surface area contributed by atoms with Crippen LogP contribution in [0.4, 0.5) is 0 Å². The Morgan fingerprint density at radius 2 is 1.23 bits per heavy atom. The smallest absolute Gasteiger partial charge is 0.466 e. The van der Waals surface area contributed by atoms with Gasteiger partial charge in [-0.15, -0.1) is 0 Å². The molecule has 12 heteroatoms. The monoisotopic (exact) mass is 865 g/mol. The Morgan fingerprint density at radius 3 is 1.82 bits per heavy atom. The number of phosphoric ester groups is 1. The van der Waals surface area contributed by atoms with Crippen molar-refractivity contribution in [3.05, 3.63) is 71.3 Å². The number of quaternary nitrogens is 1. The molecule has 1 rings (SSSR count). The van der Waals surface area contributed by atoms with E-state index in [0.29, 0.717) is 30.3 Å². The van der Waals surface area contributed by atoms with Gasteiger partial charge >= 0.3 is 19.8 Å². The molecule has 2 N–H and O–H groups in total. The molecule has 0 fully saturated rings. The Hall–Kier alpha value is -2.79. The summed E-state index contributed by atoms with van der Waals surface area (Å²) in [5, 5.41) is 9.57. The highest BCUT2D eigenvalue weighted by Gasteiger charge is 2.27. The molecule has 0 radical (unpaired) electrons. The summed E-state index contributed by atoms with van der Waals surface area (Å²) < 4.78 is 40.5. The predicted molar refractivity (Wildman–Crippen MR) is 243 cm³/mol. The first-order valence-corrected chi connectivity index (χ1v) is 24.3. The van der Waals surface area contributed by atoms with Crippen LogP contribution in [0.25, 0.3) is 0 Å². The number of ether oxygens (including phenoxy) is 2. The van der Waals surface area contributed by atoms with Crippen molar-refractivity contribution in [1.29, 1.82) is 0 Å². The van der Waals surface area contributed by atoms with Crippen molar-refractivity contribution in [3.8, 4) is 0 Å². The first kappa shape index (κ1) is 55.2. The number of hydrogen-bond acceptors (Lipinski definition) is 9. The average Bonchev–Trinajstić information content (AvgIpc) is 3.46. The highest BCUT2D eigenvalue weighted by atomic mass is 31.2. The summed E-state index contributed by atoms with van der Waals surface area (Å²) in [6, 6.07) is 0. The van der Waals surface area contributed by atoms with Crippen LogP contribution in [0.15, 0.2) is 53.0 Å². The van der Waals surface area contributed by atoms with Crippen molar-refractivity contribution in [2.24, 2.45) is 0 Å². The average molecular weight is 865 g/mol. The van der Waals surface area contributed by atoms with E-state index >= 15 is 0 Å². The molecule has 0 aromatic carbocycles. The van der Waals surface area contributed by atoms with E-state index in [0.717, 1.165) is 95.0 Å². The molecule has 344 valence electrons. The molecule has 3 atom stereocenters. The molecular formula is C48H83NO10P+. The van der Waals surface area contributed by atoms with E-state index in [-0.39, 0.29) is 32.2 Å².